The van der Waals surface area contributed by atoms with Crippen LogP contribution in [0.15, 0.2) is 0 Å². The fraction of sp³-hybridized carbons (Fsp3) is 0.500. The second-order valence-corrected chi connectivity index (χ2v) is 2.85. The van der Waals surface area contributed by atoms with Gasteiger partial charge in [0, 0.05) is 0 Å². The Balaban J connectivity index is 0. The van der Waals surface area contributed by atoms with Crippen molar-refractivity contribution in [3.8, 4) is 0 Å². The third kappa shape index (κ3) is 7.59. The van der Waals surface area contributed by atoms with Gasteiger partial charge in [-0.1, -0.05) is 0 Å². The average molecular weight is 234 g/mol. The molecule has 8 heteroatoms. The summed E-state index contributed by atoms with van der Waals surface area (Å²) in [5, 5.41) is 16.0. The van der Waals surface area contributed by atoms with Crippen molar-refractivity contribution in [2.24, 2.45) is 11.5 Å². The lowest BCUT2D eigenvalue weighted by Crippen LogP contribution is -2.36. The maximum atomic E-state index is 10.1. The van der Waals surface area contributed by atoms with E-state index in [1.54, 1.807) is 0 Å². The fourth-order valence-corrected chi connectivity index (χ4v) is 0.348. The van der Waals surface area contributed by atoms with Gasteiger partial charge in [-0.15, -0.1) is 0 Å². The molecule has 0 saturated heterocycles. The van der Waals surface area contributed by atoms with Crippen LogP contribution < -0.4 is 11.5 Å². The first-order valence-electron chi connectivity index (χ1n) is 4.09. The summed E-state index contributed by atoms with van der Waals surface area (Å²) in [6, 6.07) is -2.70. The Morgan fingerprint density at radius 1 is 0.812 bits per heavy atom. The van der Waals surface area contributed by atoms with E-state index in [0.717, 1.165) is 13.8 Å². The van der Waals surface area contributed by atoms with Gasteiger partial charge in [0.15, 0.2) is 23.7 Å². The van der Waals surface area contributed by atoms with E-state index in [0.29, 0.717) is 0 Å². The first kappa shape index (κ1) is 16.6. The fourth-order valence-electron chi connectivity index (χ4n) is 0.348. The standard InChI is InChI=1S/2C4H7NO3/c2*1-2(6)3(5)4(7)8/h2*3H,5H2,1H3,(H,7,8)/t2*3-/m00/s1. The highest BCUT2D eigenvalue weighted by atomic mass is 16.4. The molecule has 0 saturated carbocycles. The van der Waals surface area contributed by atoms with E-state index < -0.39 is 35.6 Å². The third-order valence-electron chi connectivity index (χ3n) is 1.41. The molecule has 6 N–H and O–H groups in total. The van der Waals surface area contributed by atoms with E-state index in [1.165, 1.54) is 0 Å². The highest BCUT2D eigenvalue weighted by Gasteiger charge is 2.15. The zero-order valence-corrected chi connectivity index (χ0v) is 8.84. The van der Waals surface area contributed by atoms with E-state index in [2.05, 4.69) is 0 Å². The molecule has 0 bridgehead atoms. The molecule has 0 spiro atoms. The normalized spacial score (nSPS) is 12.8. The predicted molar refractivity (Wildman–Crippen MR) is 52.6 cm³/mol. The Labute approximate surface area is 91.2 Å². The summed E-state index contributed by atoms with van der Waals surface area (Å²) in [5.74, 6) is -3.62. The number of nitrogens with two attached hydrogens (primary N) is 2. The Morgan fingerprint density at radius 2 is 1.00 bits per heavy atom. The van der Waals surface area contributed by atoms with E-state index in [9.17, 15) is 19.2 Å². The molecule has 0 aromatic heterocycles. The summed E-state index contributed by atoms with van der Waals surface area (Å²) in [5.41, 5.74) is 9.62. The first-order valence-corrected chi connectivity index (χ1v) is 4.09. The molecule has 0 aliphatic rings. The van der Waals surface area contributed by atoms with Crippen molar-refractivity contribution >= 4 is 23.5 Å². The van der Waals surface area contributed by atoms with E-state index in [1.807, 2.05) is 0 Å². The van der Waals surface area contributed by atoms with Crippen molar-refractivity contribution in [2.75, 3.05) is 0 Å². The maximum absolute atomic E-state index is 10.1. The molecule has 0 aromatic rings. The molecule has 0 aliphatic heterocycles. The van der Waals surface area contributed by atoms with Crippen LogP contribution in [-0.4, -0.2) is 45.8 Å². The summed E-state index contributed by atoms with van der Waals surface area (Å²) in [6.07, 6.45) is 0. The van der Waals surface area contributed by atoms with Crippen molar-refractivity contribution in [1.29, 1.82) is 0 Å². The molecule has 8 nitrogen and oxygen atoms in total. The van der Waals surface area contributed by atoms with Gasteiger partial charge in [-0.2, -0.15) is 0 Å². The van der Waals surface area contributed by atoms with Crippen LogP contribution >= 0.6 is 0 Å². The van der Waals surface area contributed by atoms with Gasteiger partial charge < -0.3 is 21.7 Å². The highest BCUT2D eigenvalue weighted by molar-refractivity contribution is 6.01. The van der Waals surface area contributed by atoms with Crippen LogP contribution in [0.5, 0.6) is 0 Å². The van der Waals surface area contributed by atoms with Crippen molar-refractivity contribution < 1.29 is 29.4 Å². The van der Waals surface area contributed by atoms with Crippen molar-refractivity contribution in [3.05, 3.63) is 0 Å². The minimum atomic E-state index is -1.35. The number of rotatable bonds is 4. The van der Waals surface area contributed by atoms with Crippen molar-refractivity contribution in [3.63, 3.8) is 0 Å². The summed E-state index contributed by atoms with van der Waals surface area (Å²) in [4.78, 5) is 39.7. The van der Waals surface area contributed by atoms with Crippen LogP contribution in [0.25, 0.3) is 0 Å². The molecular formula is C8H14N2O6. The number of carboxylic acid groups (broad SMARTS) is 2. The lowest BCUT2D eigenvalue weighted by atomic mass is 10.2. The van der Waals surface area contributed by atoms with Crippen molar-refractivity contribution in [2.45, 2.75) is 25.9 Å². The Bertz CT molecular complexity index is 243. The minimum absolute atomic E-state index is 0.530. The summed E-state index contributed by atoms with van der Waals surface area (Å²) in [7, 11) is 0. The zero-order chi connectivity index (χ0) is 13.5. The number of hydrogen-bond acceptors (Lipinski definition) is 6. The van der Waals surface area contributed by atoms with E-state index in [4.69, 9.17) is 21.7 Å². The smallest absolute Gasteiger partial charge is 0.328 e. The van der Waals surface area contributed by atoms with Crippen molar-refractivity contribution in [1.82, 2.24) is 0 Å². The van der Waals surface area contributed by atoms with Gasteiger partial charge in [0.2, 0.25) is 0 Å². The number of carboxylic acids is 2. The first-order chi connectivity index (χ1) is 7.11. The van der Waals surface area contributed by atoms with Gasteiger partial charge in [0.1, 0.15) is 0 Å². The molecule has 0 amide bonds. The Kier molecular flexibility index (Phi) is 7.78. The molecule has 0 aliphatic carbocycles. The number of carbonyl (C=O) groups excluding carboxylic acids is 2. The molecule has 0 rings (SSSR count). The molecule has 0 heterocycles. The van der Waals surface area contributed by atoms with Crippen LogP contribution in [0, 0.1) is 0 Å². The van der Waals surface area contributed by atoms with Crippen LogP contribution in [-0.2, 0) is 19.2 Å². The molecular weight excluding hydrogens is 220 g/mol. The third-order valence-corrected chi connectivity index (χ3v) is 1.41. The van der Waals surface area contributed by atoms with Gasteiger partial charge in [0.05, 0.1) is 0 Å². The predicted octanol–water partition coefficient (Wildman–Crippen LogP) is -2.03. The van der Waals surface area contributed by atoms with Gasteiger partial charge in [-0.3, -0.25) is 19.2 Å². The molecule has 92 valence electrons. The number of ketones is 2. The maximum Gasteiger partial charge on any atom is 0.328 e. The molecule has 16 heavy (non-hydrogen) atoms. The number of hydrogen-bond donors (Lipinski definition) is 4. The lowest BCUT2D eigenvalue weighted by molar-refractivity contribution is -0.143. The molecule has 0 aromatic carbocycles. The molecule has 0 fully saturated rings. The second kappa shape index (κ2) is 7.49. The van der Waals surface area contributed by atoms with Gasteiger partial charge in [-0.05, 0) is 13.8 Å². The van der Waals surface area contributed by atoms with Crippen LogP contribution in [0.2, 0.25) is 0 Å². The number of Topliss-reactive ketones (excluding diaryl/α,β-unsaturated/α-hetero) is 2. The second-order valence-electron chi connectivity index (χ2n) is 2.85. The quantitative estimate of drug-likeness (QED) is 0.405. The summed E-state index contributed by atoms with van der Waals surface area (Å²) >= 11 is 0. The number of aliphatic carboxylic acids is 2. The van der Waals surface area contributed by atoms with Crippen LogP contribution in [0.4, 0.5) is 0 Å². The molecule has 0 radical (unpaired) electrons. The zero-order valence-electron chi connectivity index (χ0n) is 8.84. The summed E-state index contributed by atoms with van der Waals surface area (Å²) in [6.45, 7) is 2.28. The average Bonchev–Trinajstić information content (AvgIpc) is 2.15. The largest absolute Gasteiger partial charge is 0.480 e. The SMILES string of the molecule is CC(=O)[C@H](N)C(=O)O.CC(=O)[C@H](N)C(=O)O. The Morgan fingerprint density at radius 3 is 1.00 bits per heavy atom. The topological polar surface area (TPSA) is 161 Å². The minimum Gasteiger partial charge on any atom is -0.480 e. The van der Waals surface area contributed by atoms with Crippen LogP contribution in [0.1, 0.15) is 13.8 Å². The van der Waals surface area contributed by atoms with Gasteiger partial charge in [0.25, 0.3) is 0 Å². The highest BCUT2D eigenvalue weighted by Crippen LogP contribution is 1.78. The van der Waals surface area contributed by atoms with Gasteiger partial charge >= 0.3 is 11.9 Å². The molecule has 2 atom stereocenters. The van der Waals surface area contributed by atoms with Crippen LogP contribution in [0.3, 0.4) is 0 Å². The molecule has 0 unspecified atom stereocenters. The van der Waals surface area contributed by atoms with Gasteiger partial charge in [-0.25, -0.2) is 0 Å². The van der Waals surface area contributed by atoms with E-state index in [-0.39, 0.29) is 0 Å². The summed E-state index contributed by atoms with van der Waals surface area (Å²) < 4.78 is 0. The monoisotopic (exact) mass is 234 g/mol. The van der Waals surface area contributed by atoms with E-state index >= 15 is 0 Å². The lowest BCUT2D eigenvalue weighted by Gasteiger charge is -1.96. The Hall–Kier alpha value is -1.80. The number of carbonyl (C=O) groups is 4.